The van der Waals surface area contributed by atoms with Crippen molar-refractivity contribution in [3.63, 3.8) is 0 Å². The summed E-state index contributed by atoms with van der Waals surface area (Å²) in [5, 5.41) is 3.34. The predicted octanol–water partition coefficient (Wildman–Crippen LogP) is 0.162. The van der Waals surface area contributed by atoms with Crippen LogP contribution in [0.15, 0.2) is 6.33 Å². The first kappa shape index (κ1) is 14.5. The largest absolute Gasteiger partial charge is 0.369 e. The van der Waals surface area contributed by atoms with Crippen LogP contribution in [-0.4, -0.2) is 61.7 Å². The lowest BCUT2D eigenvalue weighted by Crippen LogP contribution is -2.49. The summed E-state index contributed by atoms with van der Waals surface area (Å²) < 4.78 is 24.7. The highest BCUT2D eigenvalue weighted by Crippen LogP contribution is 2.30. The number of sulfonamides is 1. The van der Waals surface area contributed by atoms with Gasteiger partial charge in [0.05, 0.1) is 6.26 Å². The molecule has 8 heteroatoms. The normalized spacial score (nSPS) is 23.5. The van der Waals surface area contributed by atoms with E-state index in [1.165, 1.54) is 10.6 Å². The van der Waals surface area contributed by atoms with E-state index in [4.69, 9.17) is 0 Å². The minimum Gasteiger partial charge on any atom is -0.369 e. The van der Waals surface area contributed by atoms with Crippen molar-refractivity contribution in [3.05, 3.63) is 11.9 Å². The van der Waals surface area contributed by atoms with Gasteiger partial charge in [-0.1, -0.05) is 6.92 Å². The highest BCUT2D eigenvalue weighted by Gasteiger charge is 2.27. The van der Waals surface area contributed by atoms with Gasteiger partial charge in [-0.2, -0.15) is 4.31 Å². The Morgan fingerprint density at radius 3 is 2.62 bits per heavy atom. The van der Waals surface area contributed by atoms with Crippen LogP contribution in [0.2, 0.25) is 0 Å². The van der Waals surface area contributed by atoms with E-state index in [1.807, 2.05) is 0 Å². The zero-order valence-corrected chi connectivity index (χ0v) is 13.2. The molecule has 2 aliphatic rings. The minimum atomic E-state index is -3.10. The molecule has 1 N–H and O–H groups in total. The molecule has 1 aromatic rings. The lowest BCUT2D eigenvalue weighted by atomic mass is 9.98. The van der Waals surface area contributed by atoms with E-state index in [2.05, 4.69) is 27.1 Å². The first-order valence-corrected chi connectivity index (χ1v) is 9.08. The molecule has 1 saturated heterocycles. The van der Waals surface area contributed by atoms with Crippen LogP contribution in [0.4, 0.5) is 11.6 Å². The van der Waals surface area contributed by atoms with Crippen LogP contribution in [0, 0.1) is 5.92 Å². The molecule has 0 saturated carbocycles. The number of fused-ring (bicyclic) bond motifs is 1. The smallest absolute Gasteiger partial charge is 0.211 e. The number of piperazine rings is 1. The Kier molecular flexibility index (Phi) is 3.75. The van der Waals surface area contributed by atoms with Gasteiger partial charge in [0.15, 0.2) is 0 Å². The summed E-state index contributed by atoms with van der Waals surface area (Å²) >= 11 is 0. The number of nitrogens with one attached hydrogen (secondary N) is 1. The Bertz CT molecular complexity index is 625. The molecule has 1 aromatic heterocycles. The van der Waals surface area contributed by atoms with Crippen molar-refractivity contribution in [1.82, 2.24) is 14.3 Å². The van der Waals surface area contributed by atoms with Crippen molar-refractivity contribution in [2.24, 2.45) is 5.92 Å². The molecule has 21 heavy (non-hydrogen) atoms. The van der Waals surface area contributed by atoms with Gasteiger partial charge in [-0.15, -0.1) is 0 Å². The van der Waals surface area contributed by atoms with E-state index in [-0.39, 0.29) is 0 Å². The second-order valence-corrected chi connectivity index (χ2v) is 7.85. The predicted molar refractivity (Wildman–Crippen MR) is 82.0 cm³/mol. The zero-order chi connectivity index (χ0) is 15.0. The molecule has 1 fully saturated rings. The van der Waals surface area contributed by atoms with Crippen LogP contribution < -0.4 is 10.2 Å². The number of nitrogens with zero attached hydrogens (tertiary/aromatic N) is 4. The second kappa shape index (κ2) is 5.42. The zero-order valence-electron chi connectivity index (χ0n) is 12.4. The molecule has 0 spiro atoms. The number of aromatic nitrogens is 2. The van der Waals surface area contributed by atoms with Gasteiger partial charge >= 0.3 is 0 Å². The molecule has 2 aliphatic heterocycles. The fourth-order valence-corrected chi connectivity index (χ4v) is 3.77. The summed E-state index contributed by atoms with van der Waals surface area (Å²) in [6.07, 6.45) is 3.81. The average Bonchev–Trinajstić information content (AvgIpc) is 2.46. The Hall–Kier alpha value is -1.41. The highest BCUT2D eigenvalue weighted by atomic mass is 32.2. The van der Waals surface area contributed by atoms with Gasteiger partial charge in [0.25, 0.3) is 0 Å². The third-order valence-electron chi connectivity index (χ3n) is 4.10. The fourth-order valence-electron chi connectivity index (χ4n) is 2.94. The van der Waals surface area contributed by atoms with Crippen LogP contribution in [0.25, 0.3) is 0 Å². The van der Waals surface area contributed by atoms with Gasteiger partial charge in [-0.25, -0.2) is 18.4 Å². The molecular weight excluding hydrogens is 290 g/mol. The van der Waals surface area contributed by atoms with Crippen molar-refractivity contribution in [2.75, 3.05) is 49.2 Å². The Labute approximate surface area is 125 Å². The third kappa shape index (κ3) is 2.96. The molecule has 3 rings (SSSR count). The quantitative estimate of drug-likeness (QED) is 0.838. The van der Waals surface area contributed by atoms with E-state index >= 15 is 0 Å². The topological polar surface area (TPSA) is 78.4 Å². The molecule has 0 aromatic carbocycles. The number of hydrogen-bond acceptors (Lipinski definition) is 6. The Balaban J connectivity index is 1.80. The summed E-state index contributed by atoms with van der Waals surface area (Å²) in [7, 11) is -3.10. The van der Waals surface area contributed by atoms with E-state index in [1.54, 1.807) is 6.33 Å². The maximum absolute atomic E-state index is 11.6. The van der Waals surface area contributed by atoms with Gasteiger partial charge in [-0.05, 0) is 12.3 Å². The molecule has 1 atom stereocenters. The van der Waals surface area contributed by atoms with Crippen LogP contribution in [-0.2, 0) is 16.4 Å². The highest BCUT2D eigenvalue weighted by molar-refractivity contribution is 7.88. The summed E-state index contributed by atoms with van der Waals surface area (Å²) in [6.45, 7) is 5.51. The van der Waals surface area contributed by atoms with Gasteiger partial charge in [0.2, 0.25) is 10.0 Å². The van der Waals surface area contributed by atoms with E-state index in [0.29, 0.717) is 32.1 Å². The first-order chi connectivity index (χ1) is 9.95. The molecule has 116 valence electrons. The molecular formula is C13H21N5O2S. The second-order valence-electron chi connectivity index (χ2n) is 5.86. The fraction of sp³-hybridized carbons (Fsp3) is 0.692. The Morgan fingerprint density at radius 1 is 1.24 bits per heavy atom. The Morgan fingerprint density at radius 2 is 1.95 bits per heavy atom. The summed E-state index contributed by atoms with van der Waals surface area (Å²) in [5.41, 5.74) is 1.16. The first-order valence-electron chi connectivity index (χ1n) is 7.23. The van der Waals surface area contributed by atoms with E-state index in [0.717, 1.165) is 30.2 Å². The summed E-state index contributed by atoms with van der Waals surface area (Å²) in [6, 6.07) is 0. The van der Waals surface area contributed by atoms with Crippen molar-refractivity contribution in [1.29, 1.82) is 0 Å². The molecule has 0 bridgehead atoms. The molecule has 0 amide bonds. The molecule has 0 aliphatic carbocycles. The summed E-state index contributed by atoms with van der Waals surface area (Å²) in [5.74, 6) is 2.43. The standard InChI is InChI=1S/C13H21N5O2S/c1-10-7-11-12(14-8-10)15-9-16-13(11)17-3-5-18(6-4-17)21(2,19)20/h9-10H,3-8H2,1-2H3,(H,14,15,16)/t10-/m1/s1. The minimum absolute atomic E-state index is 0.514. The van der Waals surface area contributed by atoms with Crippen molar-refractivity contribution >= 4 is 21.7 Å². The maximum atomic E-state index is 11.6. The van der Waals surface area contributed by atoms with Crippen molar-refractivity contribution in [3.8, 4) is 0 Å². The maximum Gasteiger partial charge on any atom is 0.211 e. The van der Waals surface area contributed by atoms with Gasteiger partial charge in [0, 0.05) is 38.3 Å². The van der Waals surface area contributed by atoms with Crippen LogP contribution >= 0.6 is 0 Å². The van der Waals surface area contributed by atoms with Gasteiger partial charge in [-0.3, -0.25) is 0 Å². The number of rotatable bonds is 2. The average molecular weight is 311 g/mol. The molecule has 7 nitrogen and oxygen atoms in total. The van der Waals surface area contributed by atoms with Crippen LogP contribution in [0.5, 0.6) is 0 Å². The third-order valence-corrected chi connectivity index (χ3v) is 5.40. The monoisotopic (exact) mass is 311 g/mol. The lowest BCUT2D eigenvalue weighted by Gasteiger charge is -2.36. The van der Waals surface area contributed by atoms with Crippen molar-refractivity contribution < 1.29 is 8.42 Å². The summed E-state index contributed by atoms with van der Waals surface area (Å²) in [4.78, 5) is 10.9. The van der Waals surface area contributed by atoms with Crippen molar-refractivity contribution in [2.45, 2.75) is 13.3 Å². The van der Waals surface area contributed by atoms with E-state index in [9.17, 15) is 8.42 Å². The van der Waals surface area contributed by atoms with E-state index < -0.39 is 10.0 Å². The number of hydrogen-bond donors (Lipinski definition) is 1. The lowest BCUT2D eigenvalue weighted by molar-refractivity contribution is 0.386. The SMILES string of the molecule is C[C@H]1CNc2ncnc(N3CCN(S(C)(=O)=O)CC3)c2C1. The molecule has 0 unspecified atom stereocenters. The van der Waals surface area contributed by atoms with Crippen LogP contribution in [0.1, 0.15) is 12.5 Å². The molecule has 0 radical (unpaired) electrons. The van der Waals surface area contributed by atoms with Gasteiger partial charge < -0.3 is 10.2 Å². The van der Waals surface area contributed by atoms with Crippen LogP contribution in [0.3, 0.4) is 0 Å². The number of anilines is 2. The van der Waals surface area contributed by atoms with Gasteiger partial charge in [0.1, 0.15) is 18.0 Å². The molecule has 3 heterocycles.